The second kappa shape index (κ2) is 8.71. The van der Waals surface area contributed by atoms with Gasteiger partial charge in [-0.3, -0.25) is 4.90 Å². The zero-order valence-corrected chi connectivity index (χ0v) is 16.8. The van der Waals surface area contributed by atoms with Gasteiger partial charge < -0.3 is 14.8 Å². The van der Waals surface area contributed by atoms with Crippen LogP contribution in [0, 0.1) is 5.92 Å². The van der Waals surface area contributed by atoms with E-state index in [-0.39, 0.29) is 24.3 Å². The fourth-order valence-electron chi connectivity index (χ4n) is 4.27. The molecule has 1 aromatic heterocycles. The number of likely N-dealkylation sites (tertiary alicyclic amines) is 1. The third kappa shape index (κ3) is 4.63. The van der Waals surface area contributed by atoms with Crippen LogP contribution in [-0.2, 0) is 0 Å². The summed E-state index contributed by atoms with van der Waals surface area (Å²) in [5.74, 6) is 1.97. The maximum atomic E-state index is 13.5. The Hall–Kier alpha value is -2.49. The van der Waals surface area contributed by atoms with Crippen molar-refractivity contribution < 1.29 is 22.6 Å². The van der Waals surface area contributed by atoms with Crippen LogP contribution in [0.4, 0.5) is 19.1 Å². The van der Waals surface area contributed by atoms with E-state index in [1.807, 2.05) is 24.3 Å². The maximum Gasteiger partial charge on any atom is 0.411 e. The second-order valence-electron chi connectivity index (χ2n) is 7.78. The van der Waals surface area contributed by atoms with Gasteiger partial charge in [0.05, 0.1) is 7.11 Å². The first kappa shape index (κ1) is 20.8. The van der Waals surface area contributed by atoms with Crippen molar-refractivity contribution in [1.82, 2.24) is 19.7 Å². The van der Waals surface area contributed by atoms with Gasteiger partial charge in [0.1, 0.15) is 24.4 Å². The molecule has 164 valence electrons. The molecule has 2 aliphatic rings. The molecule has 2 atom stereocenters. The molecule has 0 amide bonds. The zero-order chi connectivity index (χ0) is 21.1. The van der Waals surface area contributed by atoms with Crippen LogP contribution < -0.4 is 14.8 Å². The summed E-state index contributed by atoms with van der Waals surface area (Å²) in [6, 6.07) is 5.59. The molecule has 0 radical (unpaired) electrons. The van der Waals surface area contributed by atoms with Crippen LogP contribution in [0.3, 0.4) is 0 Å². The number of methoxy groups -OCH3 is 1. The van der Waals surface area contributed by atoms with Gasteiger partial charge in [0.15, 0.2) is 6.04 Å². The molecule has 2 aromatic rings. The Labute approximate surface area is 173 Å². The minimum Gasteiger partial charge on any atom is -0.497 e. The Morgan fingerprint density at radius 1 is 1.13 bits per heavy atom. The molecule has 10 heteroatoms. The highest BCUT2D eigenvalue weighted by molar-refractivity contribution is 5.31. The second-order valence-corrected chi connectivity index (χ2v) is 7.78. The normalized spacial score (nSPS) is 22.9. The van der Waals surface area contributed by atoms with Crippen molar-refractivity contribution in [2.75, 3.05) is 38.7 Å². The van der Waals surface area contributed by atoms with Gasteiger partial charge in [-0.2, -0.15) is 23.3 Å². The highest BCUT2D eigenvalue weighted by Crippen LogP contribution is 2.41. The van der Waals surface area contributed by atoms with Gasteiger partial charge in [-0.15, -0.1) is 0 Å². The number of piperidine rings is 1. The molecule has 30 heavy (non-hydrogen) atoms. The molecular formula is C20H26F3N5O2. The molecule has 3 heterocycles. The van der Waals surface area contributed by atoms with Crippen LogP contribution in [0.1, 0.15) is 25.3 Å². The van der Waals surface area contributed by atoms with Gasteiger partial charge in [-0.05, 0) is 62.5 Å². The molecule has 1 saturated heterocycles. The summed E-state index contributed by atoms with van der Waals surface area (Å²) in [4.78, 5) is 6.26. The number of alkyl halides is 3. The van der Waals surface area contributed by atoms with Crippen LogP contribution >= 0.6 is 0 Å². The molecule has 0 spiro atoms. The monoisotopic (exact) mass is 425 g/mol. The molecule has 2 aliphatic heterocycles. The molecule has 0 saturated carbocycles. The van der Waals surface area contributed by atoms with Crippen LogP contribution in [-0.4, -0.2) is 65.2 Å². The summed E-state index contributed by atoms with van der Waals surface area (Å²) >= 11 is 0. The number of ether oxygens (including phenoxy) is 2. The maximum absolute atomic E-state index is 13.5. The van der Waals surface area contributed by atoms with E-state index in [1.54, 1.807) is 7.11 Å². The average Bonchev–Trinajstić information content (AvgIpc) is 3.22. The number of nitrogens with zero attached hydrogens (tertiary/aromatic N) is 4. The Morgan fingerprint density at radius 2 is 1.83 bits per heavy atom. The van der Waals surface area contributed by atoms with Crippen LogP contribution in [0.2, 0.25) is 0 Å². The molecular weight excluding hydrogens is 399 g/mol. The number of fused-ring (bicyclic) bond motifs is 1. The molecule has 0 bridgehead atoms. The lowest BCUT2D eigenvalue weighted by Gasteiger charge is -2.40. The lowest BCUT2D eigenvalue weighted by molar-refractivity contribution is -0.174. The van der Waals surface area contributed by atoms with E-state index in [2.05, 4.69) is 20.3 Å². The summed E-state index contributed by atoms with van der Waals surface area (Å²) < 4.78 is 52.3. The first-order valence-electron chi connectivity index (χ1n) is 10.2. The fraction of sp³-hybridized carbons (Fsp3) is 0.600. The van der Waals surface area contributed by atoms with Gasteiger partial charge in [-0.25, -0.2) is 4.68 Å². The van der Waals surface area contributed by atoms with Crippen molar-refractivity contribution in [3.05, 3.63) is 30.6 Å². The summed E-state index contributed by atoms with van der Waals surface area (Å²) in [6.45, 7) is 3.05. The van der Waals surface area contributed by atoms with E-state index >= 15 is 0 Å². The summed E-state index contributed by atoms with van der Waals surface area (Å²) in [5.41, 5.74) is 0. The topological polar surface area (TPSA) is 64.4 Å². The van der Waals surface area contributed by atoms with Crippen LogP contribution in [0.5, 0.6) is 11.5 Å². The number of rotatable bonds is 6. The third-order valence-electron chi connectivity index (χ3n) is 5.97. The number of benzene rings is 1. The molecule has 0 unspecified atom stereocenters. The summed E-state index contributed by atoms with van der Waals surface area (Å²) in [5, 5.41) is 6.93. The van der Waals surface area contributed by atoms with E-state index in [0.29, 0.717) is 6.61 Å². The number of halogens is 3. The molecule has 1 N–H and O–H groups in total. The molecule has 1 aromatic carbocycles. The average molecular weight is 425 g/mol. The Kier molecular flexibility index (Phi) is 6.03. The van der Waals surface area contributed by atoms with Gasteiger partial charge in [-0.1, -0.05) is 0 Å². The van der Waals surface area contributed by atoms with Crippen molar-refractivity contribution in [2.45, 2.75) is 37.5 Å². The first-order valence-corrected chi connectivity index (χ1v) is 10.2. The van der Waals surface area contributed by atoms with E-state index in [4.69, 9.17) is 9.47 Å². The van der Waals surface area contributed by atoms with E-state index < -0.39 is 12.2 Å². The number of aromatic nitrogens is 3. The SMILES string of the molecule is COc1ccc(OCCN2CCC([C@@H]3C[C@H](C(F)(F)F)n4ncnc4N3)CC2)cc1. The van der Waals surface area contributed by atoms with E-state index in [9.17, 15) is 13.2 Å². The molecule has 1 fully saturated rings. The van der Waals surface area contributed by atoms with Crippen molar-refractivity contribution in [3.63, 3.8) is 0 Å². The molecule has 0 aliphatic carbocycles. The van der Waals surface area contributed by atoms with Gasteiger partial charge in [0, 0.05) is 12.6 Å². The Morgan fingerprint density at radius 3 is 2.50 bits per heavy atom. The third-order valence-corrected chi connectivity index (χ3v) is 5.97. The first-order chi connectivity index (χ1) is 14.4. The Bertz CT molecular complexity index is 819. The summed E-state index contributed by atoms with van der Waals surface area (Å²) in [7, 11) is 1.62. The predicted octanol–water partition coefficient (Wildman–Crippen LogP) is 3.37. The minimum atomic E-state index is -4.33. The molecule has 4 rings (SSSR count). The zero-order valence-electron chi connectivity index (χ0n) is 16.8. The van der Waals surface area contributed by atoms with Crippen molar-refractivity contribution in [2.24, 2.45) is 5.92 Å². The summed E-state index contributed by atoms with van der Waals surface area (Å²) in [6.07, 6.45) is -1.47. The smallest absolute Gasteiger partial charge is 0.411 e. The number of nitrogens with one attached hydrogen (secondary N) is 1. The lowest BCUT2D eigenvalue weighted by atomic mass is 9.85. The molecule has 7 nitrogen and oxygen atoms in total. The predicted molar refractivity (Wildman–Crippen MR) is 105 cm³/mol. The number of anilines is 1. The van der Waals surface area contributed by atoms with Gasteiger partial charge in [0.25, 0.3) is 0 Å². The van der Waals surface area contributed by atoms with Crippen molar-refractivity contribution in [1.29, 1.82) is 0 Å². The highest BCUT2D eigenvalue weighted by atomic mass is 19.4. The lowest BCUT2D eigenvalue weighted by Crippen LogP contribution is -2.46. The van der Waals surface area contributed by atoms with E-state index in [1.165, 1.54) is 6.33 Å². The standard InChI is InChI=1S/C20H26F3N5O2/c1-29-15-2-4-16(5-3-15)30-11-10-27-8-6-14(7-9-27)17-12-18(20(21,22)23)28-19(26-17)24-13-25-28/h2-5,13-14,17-18H,6-12H2,1H3,(H,24,25,26)/t17-,18+/m0/s1. The van der Waals surface area contributed by atoms with E-state index in [0.717, 1.165) is 48.7 Å². The largest absolute Gasteiger partial charge is 0.497 e. The van der Waals surface area contributed by atoms with Crippen LogP contribution in [0.15, 0.2) is 30.6 Å². The Balaban J connectivity index is 1.25. The fourth-order valence-corrected chi connectivity index (χ4v) is 4.27. The van der Waals surface area contributed by atoms with Gasteiger partial charge >= 0.3 is 6.18 Å². The highest BCUT2D eigenvalue weighted by Gasteiger charge is 2.47. The van der Waals surface area contributed by atoms with Crippen molar-refractivity contribution >= 4 is 5.95 Å². The number of hydrogen-bond acceptors (Lipinski definition) is 6. The van der Waals surface area contributed by atoms with Gasteiger partial charge in [0.2, 0.25) is 5.95 Å². The van der Waals surface area contributed by atoms with Crippen molar-refractivity contribution in [3.8, 4) is 11.5 Å². The number of hydrogen-bond donors (Lipinski definition) is 1. The minimum absolute atomic E-state index is 0.00882. The van der Waals surface area contributed by atoms with Crippen LogP contribution in [0.25, 0.3) is 0 Å². The quantitative estimate of drug-likeness (QED) is 0.766.